The summed E-state index contributed by atoms with van der Waals surface area (Å²) in [5.74, 6) is 0.974. The van der Waals surface area contributed by atoms with Gasteiger partial charge in [-0.25, -0.2) is 4.98 Å². The summed E-state index contributed by atoms with van der Waals surface area (Å²) in [5, 5.41) is 2.86. The number of aromatic nitrogens is 1. The van der Waals surface area contributed by atoms with E-state index in [2.05, 4.69) is 10.3 Å². The molecule has 1 aromatic carbocycles. The van der Waals surface area contributed by atoms with Crippen molar-refractivity contribution >= 4 is 17.4 Å². The molecule has 0 saturated heterocycles. The molecule has 124 valence electrons. The Hall–Kier alpha value is -2.47. The number of alkyl halides is 3. The van der Waals surface area contributed by atoms with Gasteiger partial charge >= 0.3 is 6.18 Å². The highest BCUT2D eigenvalue weighted by Crippen LogP contribution is 2.32. The molecule has 2 aromatic heterocycles. The van der Waals surface area contributed by atoms with E-state index in [1.807, 2.05) is 36.4 Å². The van der Waals surface area contributed by atoms with Gasteiger partial charge in [0, 0.05) is 18.3 Å². The smallest absolute Gasteiger partial charge is 0.417 e. The molecule has 0 aliphatic heterocycles. The molecule has 0 fully saturated rings. The molecular weight excluding hydrogens is 341 g/mol. The molecule has 0 aliphatic rings. The Morgan fingerprint density at radius 3 is 2.46 bits per heavy atom. The lowest BCUT2D eigenvalue weighted by Crippen LogP contribution is -2.08. The van der Waals surface area contributed by atoms with Crippen LogP contribution in [0, 0.1) is 0 Å². The van der Waals surface area contributed by atoms with Crippen molar-refractivity contribution in [3.05, 3.63) is 71.1 Å². The third-order valence-electron chi connectivity index (χ3n) is 3.39. The van der Waals surface area contributed by atoms with Crippen molar-refractivity contribution in [1.82, 2.24) is 4.98 Å². The van der Waals surface area contributed by atoms with Gasteiger partial charge in [0.05, 0.1) is 16.8 Å². The summed E-state index contributed by atoms with van der Waals surface area (Å²) in [6, 6.07) is 12.1. The van der Waals surface area contributed by atoms with Gasteiger partial charge in [-0.1, -0.05) is 35.9 Å². The SMILES string of the molecule is FC(F)(F)c1cnc(NCc2ccc(-c3ccco3)cc2)c(Cl)c1. The first-order chi connectivity index (χ1) is 11.4. The Morgan fingerprint density at radius 2 is 1.88 bits per heavy atom. The maximum Gasteiger partial charge on any atom is 0.417 e. The number of benzene rings is 1. The molecule has 7 heteroatoms. The van der Waals surface area contributed by atoms with Crippen LogP contribution in [0.3, 0.4) is 0 Å². The van der Waals surface area contributed by atoms with Crippen LogP contribution in [0.1, 0.15) is 11.1 Å². The first kappa shape index (κ1) is 16.4. The highest BCUT2D eigenvalue weighted by Gasteiger charge is 2.31. The van der Waals surface area contributed by atoms with E-state index >= 15 is 0 Å². The zero-order valence-corrected chi connectivity index (χ0v) is 13.0. The van der Waals surface area contributed by atoms with E-state index in [1.165, 1.54) is 0 Å². The molecule has 24 heavy (non-hydrogen) atoms. The Bertz CT molecular complexity index is 815. The van der Waals surface area contributed by atoms with Crippen LogP contribution < -0.4 is 5.32 Å². The Labute approximate surface area is 141 Å². The van der Waals surface area contributed by atoms with E-state index in [0.717, 1.165) is 29.2 Å². The van der Waals surface area contributed by atoms with E-state index < -0.39 is 11.7 Å². The lowest BCUT2D eigenvalue weighted by atomic mass is 10.1. The molecule has 3 nitrogen and oxygen atoms in total. The first-order valence-corrected chi connectivity index (χ1v) is 7.41. The van der Waals surface area contributed by atoms with Crippen LogP contribution in [0.4, 0.5) is 19.0 Å². The molecule has 3 aromatic rings. The van der Waals surface area contributed by atoms with Gasteiger partial charge in [0.1, 0.15) is 11.6 Å². The average molecular weight is 353 g/mol. The zero-order chi connectivity index (χ0) is 17.2. The number of nitrogens with one attached hydrogen (secondary N) is 1. The van der Waals surface area contributed by atoms with Crippen molar-refractivity contribution < 1.29 is 17.6 Å². The predicted molar refractivity (Wildman–Crippen MR) is 85.7 cm³/mol. The number of nitrogens with zero attached hydrogens (tertiary/aromatic N) is 1. The lowest BCUT2D eigenvalue weighted by Gasteiger charge is -2.11. The summed E-state index contributed by atoms with van der Waals surface area (Å²) in [6.45, 7) is 0.385. The largest absolute Gasteiger partial charge is 0.464 e. The monoisotopic (exact) mass is 352 g/mol. The van der Waals surface area contributed by atoms with Gasteiger partial charge in [-0.05, 0) is 23.8 Å². The third kappa shape index (κ3) is 3.71. The molecule has 0 radical (unpaired) electrons. The Balaban J connectivity index is 1.67. The molecule has 0 saturated carbocycles. The number of anilines is 1. The molecule has 2 heterocycles. The fraction of sp³-hybridized carbons (Fsp3) is 0.118. The van der Waals surface area contributed by atoms with E-state index in [0.29, 0.717) is 6.54 Å². The highest BCUT2D eigenvalue weighted by molar-refractivity contribution is 6.32. The standard InChI is InChI=1S/C17H12ClF3N2O/c18-14-8-13(17(19,20)21)10-23-16(14)22-9-11-3-5-12(6-4-11)15-2-1-7-24-15/h1-8,10H,9H2,(H,22,23). The maximum absolute atomic E-state index is 12.6. The fourth-order valence-electron chi connectivity index (χ4n) is 2.14. The molecule has 0 unspecified atom stereocenters. The second kappa shape index (κ2) is 6.57. The summed E-state index contributed by atoms with van der Waals surface area (Å²) in [6.07, 6.45) is -2.10. The van der Waals surface area contributed by atoms with E-state index in [4.69, 9.17) is 16.0 Å². The number of pyridine rings is 1. The molecule has 1 N–H and O–H groups in total. The number of hydrogen-bond acceptors (Lipinski definition) is 3. The fourth-order valence-corrected chi connectivity index (χ4v) is 2.37. The highest BCUT2D eigenvalue weighted by atomic mass is 35.5. The van der Waals surface area contributed by atoms with Crippen LogP contribution in [0.15, 0.2) is 59.3 Å². The van der Waals surface area contributed by atoms with Crippen molar-refractivity contribution in [2.75, 3.05) is 5.32 Å². The summed E-state index contributed by atoms with van der Waals surface area (Å²) in [7, 11) is 0. The van der Waals surface area contributed by atoms with Crippen molar-refractivity contribution in [3.8, 4) is 11.3 Å². The number of furan rings is 1. The normalized spacial score (nSPS) is 11.5. The van der Waals surface area contributed by atoms with Crippen molar-refractivity contribution in [2.45, 2.75) is 12.7 Å². The summed E-state index contributed by atoms with van der Waals surface area (Å²) < 4.78 is 43.0. The summed E-state index contributed by atoms with van der Waals surface area (Å²) in [4.78, 5) is 3.74. The van der Waals surface area contributed by atoms with E-state index in [-0.39, 0.29) is 10.8 Å². The lowest BCUT2D eigenvalue weighted by molar-refractivity contribution is -0.137. The minimum atomic E-state index is -4.46. The van der Waals surface area contributed by atoms with Gasteiger partial charge in [-0.15, -0.1) is 0 Å². The second-order valence-corrected chi connectivity index (χ2v) is 5.49. The van der Waals surface area contributed by atoms with E-state index in [1.54, 1.807) is 6.26 Å². The Kier molecular flexibility index (Phi) is 4.49. The first-order valence-electron chi connectivity index (χ1n) is 7.03. The topological polar surface area (TPSA) is 38.1 Å². The number of halogens is 4. The van der Waals surface area contributed by atoms with Crippen molar-refractivity contribution in [2.24, 2.45) is 0 Å². The second-order valence-electron chi connectivity index (χ2n) is 5.08. The summed E-state index contributed by atoms with van der Waals surface area (Å²) in [5.41, 5.74) is 0.998. The van der Waals surface area contributed by atoms with Gasteiger partial charge in [-0.3, -0.25) is 0 Å². The average Bonchev–Trinajstić information content (AvgIpc) is 3.08. The van der Waals surface area contributed by atoms with Crippen LogP contribution in [0.25, 0.3) is 11.3 Å². The molecule has 0 amide bonds. The van der Waals surface area contributed by atoms with Crippen LogP contribution >= 0.6 is 11.6 Å². The summed E-state index contributed by atoms with van der Waals surface area (Å²) >= 11 is 5.86. The van der Waals surface area contributed by atoms with Gasteiger partial charge in [0.15, 0.2) is 0 Å². The van der Waals surface area contributed by atoms with E-state index in [9.17, 15) is 13.2 Å². The molecule has 0 bridgehead atoms. The molecule has 0 spiro atoms. The molecule has 0 aliphatic carbocycles. The van der Waals surface area contributed by atoms with Gasteiger partial charge in [0.2, 0.25) is 0 Å². The van der Waals surface area contributed by atoms with Crippen LogP contribution in [0.5, 0.6) is 0 Å². The van der Waals surface area contributed by atoms with Crippen LogP contribution in [-0.2, 0) is 12.7 Å². The molecule has 3 rings (SSSR count). The van der Waals surface area contributed by atoms with Crippen molar-refractivity contribution in [1.29, 1.82) is 0 Å². The maximum atomic E-state index is 12.6. The number of hydrogen-bond donors (Lipinski definition) is 1. The van der Waals surface area contributed by atoms with Crippen LogP contribution in [-0.4, -0.2) is 4.98 Å². The van der Waals surface area contributed by atoms with Crippen LogP contribution in [0.2, 0.25) is 5.02 Å². The third-order valence-corrected chi connectivity index (χ3v) is 3.68. The predicted octanol–water partition coefficient (Wildman–Crippen LogP) is 5.63. The zero-order valence-electron chi connectivity index (χ0n) is 12.3. The van der Waals surface area contributed by atoms with Crippen molar-refractivity contribution in [3.63, 3.8) is 0 Å². The molecule has 0 atom stereocenters. The van der Waals surface area contributed by atoms with Gasteiger partial charge in [0.25, 0.3) is 0 Å². The number of rotatable bonds is 4. The Morgan fingerprint density at radius 1 is 1.12 bits per heavy atom. The minimum absolute atomic E-state index is 0.0722. The molecular formula is C17H12ClF3N2O. The quantitative estimate of drug-likeness (QED) is 0.661. The van der Waals surface area contributed by atoms with Gasteiger partial charge in [-0.2, -0.15) is 13.2 Å². The van der Waals surface area contributed by atoms with Gasteiger partial charge < -0.3 is 9.73 Å². The minimum Gasteiger partial charge on any atom is -0.464 e.